The molecular weight excluding hydrogens is 147 g/mol. The van der Waals surface area contributed by atoms with Gasteiger partial charge in [0, 0.05) is 0 Å². The molecule has 0 saturated carbocycles. The van der Waals surface area contributed by atoms with Gasteiger partial charge in [-0.15, -0.1) is 6.58 Å². The van der Waals surface area contributed by atoms with Crippen molar-refractivity contribution in [2.45, 2.75) is 0 Å². The molecule has 0 fully saturated rings. The first-order chi connectivity index (χ1) is 3.62. The highest BCUT2D eigenvalue weighted by Crippen LogP contribution is 2.06. The van der Waals surface area contributed by atoms with E-state index in [4.69, 9.17) is 0 Å². The molecule has 0 aromatic carbocycles. The molecule has 0 saturated heterocycles. The van der Waals surface area contributed by atoms with Crippen LogP contribution in [0.1, 0.15) is 0 Å². The zero-order chi connectivity index (χ0) is 6.62. The molecule has 0 N–H and O–H groups in total. The van der Waals surface area contributed by atoms with Gasteiger partial charge in [-0.05, 0) is 0 Å². The van der Waals surface area contributed by atoms with Gasteiger partial charge in [0.05, 0.1) is 5.75 Å². The topological polar surface area (TPSA) is 51.2 Å². The van der Waals surface area contributed by atoms with Crippen LogP contribution in [0.2, 0.25) is 0 Å². The highest BCUT2D eigenvalue weighted by atomic mass is 32.7. The second-order valence-electron chi connectivity index (χ2n) is 1.11. The third-order valence-corrected chi connectivity index (χ3v) is 2.45. The summed E-state index contributed by atoms with van der Waals surface area (Å²) in [5.74, 6) is -0.224. The molecule has 0 radical (unpaired) electrons. The van der Waals surface area contributed by atoms with Crippen molar-refractivity contribution in [1.82, 2.24) is 0 Å². The van der Waals surface area contributed by atoms with Crippen molar-refractivity contribution >= 4 is 17.1 Å². The van der Waals surface area contributed by atoms with Crippen LogP contribution < -0.4 is 0 Å². The fourth-order valence-corrected chi connectivity index (χ4v) is 1.04. The molecule has 3 nitrogen and oxygen atoms in total. The van der Waals surface area contributed by atoms with Crippen molar-refractivity contribution in [3.63, 3.8) is 0 Å². The normalized spacial score (nSPS) is 11.5. The maximum absolute atomic E-state index is 10.2. The summed E-state index contributed by atoms with van der Waals surface area (Å²) in [6, 6.07) is 0. The van der Waals surface area contributed by atoms with Gasteiger partial charge in [0.1, 0.15) is 0 Å². The average Bonchev–Trinajstić information content (AvgIpc) is 1.67. The highest BCUT2D eigenvalue weighted by molar-refractivity contribution is 8.39. The van der Waals surface area contributed by atoms with Crippen molar-refractivity contribution in [2.75, 3.05) is 5.75 Å². The molecule has 0 amide bonds. The van der Waals surface area contributed by atoms with Gasteiger partial charge in [-0.2, -0.15) is 0 Å². The summed E-state index contributed by atoms with van der Waals surface area (Å²) >= 11 is 0. The molecule has 0 aliphatic carbocycles. The van der Waals surface area contributed by atoms with Gasteiger partial charge in [0.15, 0.2) is 0 Å². The third kappa shape index (κ3) is 2.88. The first-order valence-electron chi connectivity index (χ1n) is 1.80. The van der Waals surface area contributed by atoms with Crippen LogP contribution in [0.15, 0.2) is 12.7 Å². The quantitative estimate of drug-likeness (QED) is 0.443. The second kappa shape index (κ2) is 2.95. The molecule has 0 unspecified atom stereocenters. The number of hydrogen-bond acceptors (Lipinski definition) is 3. The first-order valence-corrected chi connectivity index (χ1v) is 4.87. The molecule has 0 aliphatic rings. The maximum Gasteiger partial charge on any atom is 0.290 e. The van der Waals surface area contributed by atoms with Crippen LogP contribution >= 0.6 is 7.66 Å². The SMILES string of the molecule is C=CCS(=O)(=O)P=O. The van der Waals surface area contributed by atoms with Crippen molar-refractivity contribution < 1.29 is 13.0 Å². The Morgan fingerprint density at radius 3 is 2.25 bits per heavy atom. The van der Waals surface area contributed by atoms with Crippen LogP contribution in [0.3, 0.4) is 0 Å². The average molecular weight is 152 g/mol. The molecule has 5 heteroatoms. The minimum absolute atomic E-state index is 0.224. The van der Waals surface area contributed by atoms with Crippen LogP contribution in [0.25, 0.3) is 0 Å². The van der Waals surface area contributed by atoms with E-state index < -0.39 is 17.1 Å². The number of rotatable bonds is 3. The molecule has 8 heavy (non-hydrogen) atoms. The summed E-state index contributed by atoms with van der Waals surface area (Å²) in [6.07, 6.45) is 1.19. The van der Waals surface area contributed by atoms with Gasteiger partial charge in [0.25, 0.3) is 7.66 Å². The van der Waals surface area contributed by atoms with Crippen molar-refractivity contribution in [3.8, 4) is 0 Å². The lowest BCUT2D eigenvalue weighted by molar-refractivity contribution is 0.590. The first kappa shape index (κ1) is 7.79. The number of hydrogen-bond donors (Lipinski definition) is 0. The van der Waals surface area contributed by atoms with E-state index in [-0.39, 0.29) is 5.75 Å². The van der Waals surface area contributed by atoms with E-state index in [0.29, 0.717) is 0 Å². The van der Waals surface area contributed by atoms with Gasteiger partial charge in [-0.25, -0.2) is 8.42 Å². The predicted molar refractivity (Wildman–Crippen MR) is 31.6 cm³/mol. The molecule has 0 aromatic rings. The van der Waals surface area contributed by atoms with E-state index in [2.05, 4.69) is 6.58 Å². The van der Waals surface area contributed by atoms with Gasteiger partial charge in [-0.3, -0.25) is 4.57 Å². The molecule has 0 bridgehead atoms. The summed E-state index contributed by atoms with van der Waals surface area (Å²) in [5, 5.41) is 0. The molecule has 0 spiro atoms. The molecule has 0 rings (SSSR count). The minimum atomic E-state index is -3.37. The van der Waals surface area contributed by atoms with E-state index in [1.54, 1.807) is 0 Å². The zero-order valence-corrected chi connectivity index (χ0v) is 5.78. The summed E-state index contributed by atoms with van der Waals surface area (Å²) < 4.78 is 30.1. The fourth-order valence-electron chi connectivity index (χ4n) is 0.179. The Balaban J connectivity index is 4.15. The van der Waals surface area contributed by atoms with Crippen molar-refractivity contribution in [1.29, 1.82) is 0 Å². The molecule has 46 valence electrons. The van der Waals surface area contributed by atoms with E-state index in [1.807, 2.05) is 0 Å². The predicted octanol–water partition coefficient (Wildman–Crippen LogP) is 0.794. The Kier molecular flexibility index (Phi) is 2.87. The zero-order valence-electron chi connectivity index (χ0n) is 4.07. The summed E-state index contributed by atoms with van der Waals surface area (Å²) in [6.45, 7) is 3.17. The van der Waals surface area contributed by atoms with Gasteiger partial charge in [0.2, 0.25) is 9.46 Å². The van der Waals surface area contributed by atoms with Gasteiger partial charge >= 0.3 is 0 Å². The summed E-state index contributed by atoms with van der Waals surface area (Å²) in [5.41, 5.74) is 0. The largest absolute Gasteiger partial charge is 0.290 e. The van der Waals surface area contributed by atoms with Crippen LogP contribution in [0, 0.1) is 0 Å². The van der Waals surface area contributed by atoms with Crippen molar-refractivity contribution in [3.05, 3.63) is 12.7 Å². The Morgan fingerprint density at radius 2 is 2.12 bits per heavy atom. The van der Waals surface area contributed by atoms with Crippen molar-refractivity contribution in [2.24, 2.45) is 0 Å². The fraction of sp³-hybridized carbons (Fsp3) is 0.333. The maximum atomic E-state index is 10.2. The second-order valence-corrected chi connectivity index (χ2v) is 4.87. The van der Waals surface area contributed by atoms with Crippen LogP contribution in [0.4, 0.5) is 0 Å². The Bertz CT molecular complexity index is 181. The van der Waals surface area contributed by atoms with E-state index in [1.165, 1.54) is 6.08 Å². The van der Waals surface area contributed by atoms with E-state index in [9.17, 15) is 13.0 Å². The van der Waals surface area contributed by atoms with Crippen LogP contribution in [-0.4, -0.2) is 14.2 Å². The Morgan fingerprint density at radius 1 is 1.62 bits per heavy atom. The van der Waals surface area contributed by atoms with E-state index in [0.717, 1.165) is 0 Å². The summed E-state index contributed by atoms with van der Waals surface area (Å²) in [4.78, 5) is 0. The molecule has 0 aromatic heterocycles. The van der Waals surface area contributed by atoms with Gasteiger partial charge in [-0.1, -0.05) is 6.08 Å². The monoisotopic (exact) mass is 152 g/mol. The lowest BCUT2D eigenvalue weighted by Gasteiger charge is -1.80. The molecular formula is C3H5O3PS. The lowest BCUT2D eigenvalue weighted by Crippen LogP contribution is -1.91. The van der Waals surface area contributed by atoms with Crippen LogP contribution in [0.5, 0.6) is 0 Å². The van der Waals surface area contributed by atoms with E-state index >= 15 is 0 Å². The smallest absolute Gasteiger partial charge is 0.257 e. The third-order valence-electron chi connectivity index (χ3n) is 0.442. The molecule has 0 aliphatic heterocycles. The molecule has 0 heterocycles. The van der Waals surface area contributed by atoms with Crippen LogP contribution in [-0.2, 0) is 14.0 Å². The van der Waals surface area contributed by atoms with Gasteiger partial charge < -0.3 is 0 Å². The summed E-state index contributed by atoms with van der Waals surface area (Å²) in [7, 11) is -4.20. The highest BCUT2D eigenvalue weighted by Gasteiger charge is 2.04. The molecule has 0 atom stereocenters. The Hall–Kier alpha value is -0.210. The minimum Gasteiger partial charge on any atom is -0.257 e. The standard InChI is InChI=1S/C3H5O3PS/c1-2-3-8(5,6)7-4/h2H,1,3H2. The Labute approximate surface area is 49.3 Å². The lowest BCUT2D eigenvalue weighted by atomic mass is 10.8.